The average molecular weight is 441 g/mol. The number of rotatable bonds is 7. The number of hydrogen-bond acceptors (Lipinski definition) is 3. The molecule has 0 unspecified atom stereocenters. The van der Waals surface area contributed by atoms with Crippen molar-refractivity contribution in [2.75, 3.05) is 11.9 Å². The molecule has 0 heterocycles. The van der Waals surface area contributed by atoms with Crippen LogP contribution in [-0.2, 0) is 11.2 Å². The van der Waals surface area contributed by atoms with Crippen molar-refractivity contribution >= 4 is 46.7 Å². The lowest BCUT2D eigenvalue weighted by atomic mass is 10.1. The van der Waals surface area contributed by atoms with Crippen molar-refractivity contribution in [3.05, 3.63) is 87.4 Å². The fourth-order valence-corrected chi connectivity index (χ4v) is 3.09. The van der Waals surface area contributed by atoms with Gasteiger partial charge in [0.25, 0.3) is 5.91 Å². The van der Waals surface area contributed by atoms with Crippen LogP contribution in [0.25, 0.3) is 0 Å². The minimum absolute atomic E-state index is 0.154. The first-order valence-corrected chi connectivity index (χ1v) is 10.3. The SMILES string of the molecule is CCc1ccc(N=Cc2cc(Cl)ccc2OCC(=O)Nc2ccc(C)c(Cl)c2)cc1. The van der Waals surface area contributed by atoms with Gasteiger partial charge in [-0.05, 0) is 66.9 Å². The summed E-state index contributed by atoms with van der Waals surface area (Å²) in [6.45, 7) is 3.86. The van der Waals surface area contributed by atoms with Crippen LogP contribution in [0.5, 0.6) is 5.75 Å². The molecule has 6 heteroatoms. The smallest absolute Gasteiger partial charge is 0.262 e. The van der Waals surface area contributed by atoms with Crippen LogP contribution in [0, 0.1) is 6.92 Å². The molecule has 0 saturated carbocycles. The lowest BCUT2D eigenvalue weighted by Crippen LogP contribution is -2.20. The summed E-state index contributed by atoms with van der Waals surface area (Å²) in [6.07, 6.45) is 2.66. The third-order valence-corrected chi connectivity index (χ3v) is 5.13. The first-order chi connectivity index (χ1) is 14.4. The Hall–Kier alpha value is -2.82. The second-order valence-electron chi connectivity index (χ2n) is 6.76. The highest BCUT2D eigenvalue weighted by Crippen LogP contribution is 2.23. The van der Waals surface area contributed by atoms with Gasteiger partial charge in [-0.1, -0.05) is 48.3 Å². The van der Waals surface area contributed by atoms with E-state index in [0.717, 1.165) is 17.7 Å². The largest absolute Gasteiger partial charge is 0.483 e. The van der Waals surface area contributed by atoms with Gasteiger partial charge in [-0.3, -0.25) is 9.79 Å². The normalized spacial score (nSPS) is 10.9. The molecular formula is C24H22Cl2N2O2. The highest BCUT2D eigenvalue weighted by Gasteiger charge is 2.08. The predicted octanol–water partition coefficient (Wildman–Crippen LogP) is 6.63. The zero-order valence-corrected chi connectivity index (χ0v) is 18.3. The highest BCUT2D eigenvalue weighted by molar-refractivity contribution is 6.31. The van der Waals surface area contributed by atoms with E-state index < -0.39 is 0 Å². The van der Waals surface area contributed by atoms with Crippen LogP contribution in [-0.4, -0.2) is 18.7 Å². The van der Waals surface area contributed by atoms with Gasteiger partial charge in [0, 0.05) is 27.5 Å². The minimum atomic E-state index is -0.289. The molecule has 0 atom stereocenters. The van der Waals surface area contributed by atoms with Gasteiger partial charge in [-0.25, -0.2) is 0 Å². The lowest BCUT2D eigenvalue weighted by molar-refractivity contribution is -0.118. The van der Waals surface area contributed by atoms with Crippen LogP contribution in [0.2, 0.25) is 10.0 Å². The third kappa shape index (κ3) is 6.09. The molecular weight excluding hydrogens is 419 g/mol. The highest BCUT2D eigenvalue weighted by atomic mass is 35.5. The van der Waals surface area contributed by atoms with E-state index in [1.54, 1.807) is 36.5 Å². The van der Waals surface area contributed by atoms with Gasteiger partial charge in [-0.2, -0.15) is 0 Å². The molecule has 0 radical (unpaired) electrons. The summed E-state index contributed by atoms with van der Waals surface area (Å²) in [5.74, 6) is 0.230. The van der Waals surface area contributed by atoms with E-state index in [2.05, 4.69) is 17.2 Å². The van der Waals surface area contributed by atoms with Gasteiger partial charge >= 0.3 is 0 Å². The monoisotopic (exact) mass is 440 g/mol. The number of nitrogens with zero attached hydrogens (tertiary/aromatic N) is 1. The number of nitrogens with one attached hydrogen (secondary N) is 1. The number of aliphatic imine (C=N–C) groups is 1. The lowest BCUT2D eigenvalue weighted by Gasteiger charge is -2.11. The predicted molar refractivity (Wildman–Crippen MR) is 125 cm³/mol. The zero-order valence-electron chi connectivity index (χ0n) is 16.8. The molecule has 1 N–H and O–H groups in total. The number of anilines is 1. The second-order valence-corrected chi connectivity index (χ2v) is 7.60. The molecule has 0 aliphatic carbocycles. The Morgan fingerprint density at radius 3 is 2.53 bits per heavy atom. The fraction of sp³-hybridized carbons (Fsp3) is 0.167. The summed E-state index contributed by atoms with van der Waals surface area (Å²) in [5, 5.41) is 3.93. The molecule has 0 fully saturated rings. The summed E-state index contributed by atoms with van der Waals surface area (Å²) in [7, 11) is 0. The average Bonchev–Trinajstić information content (AvgIpc) is 2.74. The van der Waals surface area contributed by atoms with Gasteiger partial charge in [0.15, 0.2) is 6.61 Å². The molecule has 1 amide bonds. The van der Waals surface area contributed by atoms with E-state index in [-0.39, 0.29) is 12.5 Å². The fourth-order valence-electron chi connectivity index (χ4n) is 2.72. The van der Waals surface area contributed by atoms with E-state index >= 15 is 0 Å². The van der Waals surface area contributed by atoms with Gasteiger partial charge in [0.05, 0.1) is 5.69 Å². The van der Waals surface area contributed by atoms with E-state index in [1.807, 2.05) is 37.3 Å². The molecule has 4 nitrogen and oxygen atoms in total. The summed E-state index contributed by atoms with van der Waals surface area (Å²) in [4.78, 5) is 16.7. The number of hydrogen-bond donors (Lipinski definition) is 1. The molecule has 3 aromatic carbocycles. The zero-order chi connectivity index (χ0) is 21.5. The molecule has 3 aromatic rings. The third-order valence-electron chi connectivity index (χ3n) is 4.48. The number of benzene rings is 3. The molecule has 0 aliphatic heterocycles. The number of carbonyl (C=O) groups excluding carboxylic acids is 1. The van der Waals surface area contributed by atoms with Gasteiger partial charge in [0.2, 0.25) is 0 Å². The van der Waals surface area contributed by atoms with Crippen molar-refractivity contribution in [1.29, 1.82) is 0 Å². The van der Waals surface area contributed by atoms with Crippen LogP contribution in [0.1, 0.15) is 23.6 Å². The minimum Gasteiger partial charge on any atom is -0.483 e. The topological polar surface area (TPSA) is 50.7 Å². The van der Waals surface area contributed by atoms with Crippen molar-refractivity contribution in [3.8, 4) is 5.75 Å². The Morgan fingerprint density at radius 2 is 1.83 bits per heavy atom. The van der Waals surface area contributed by atoms with E-state index in [0.29, 0.717) is 27.0 Å². The molecule has 3 rings (SSSR count). The molecule has 0 bridgehead atoms. The van der Waals surface area contributed by atoms with Crippen LogP contribution in [0.4, 0.5) is 11.4 Å². The van der Waals surface area contributed by atoms with Crippen molar-refractivity contribution in [1.82, 2.24) is 0 Å². The number of amides is 1. The number of halogens is 2. The number of carbonyl (C=O) groups is 1. The first-order valence-electron chi connectivity index (χ1n) is 9.56. The summed E-state index contributed by atoms with van der Waals surface area (Å²) >= 11 is 12.2. The molecule has 154 valence electrons. The van der Waals surface area contributed by atoms with Crippen molar-refractivity contribution < 1.29 is 9.53 Å². The Kier molecular flexibility index (Phi) is 7.50. The molecule has 0 saturated heterocycles. The van der Waals surface area contributed by atoms with Crippen molar-refractivity contribution in [2.24, 2.45) is 4.99 Å². The van der Waals surface area contributed by atoms with Crippen LogP contribution in [0.3, 0.4) is 0 Å². The number of aryl methyl sites for hydroxylation is 2. The summed E-state index contributed by atoms with van der Waals surface area (Å²) in [6, 6.07) is 18.5. The van der Waals surface area contributed by atoms with Crippen molar-refractivity contribution in [2.45, 2.75) is 20.3 Å². The Morgan fingerprint density at radius 1 is 1.07 bits per heavy atom. The van der Waals surface area contributed by atoms with Gasteiger partial charge in [0.1, 0.15) is 5.75 Å². The Labute approximate surface area is 186 Å². The Balaban J connectivity index is 1.67. The van der Waals surface area contributed by atoms with E-state index in [4.69, 9.17) is 27.9 Å². The first kappa shape index (κ1) is 21.9. The Bertz CT molecular complexity index is 1060. The van der Waals surface area contributed by atoms with E-state index in [9.17, 15) is 4.79 Å². The maximum atomic E-state index is 12.3. The number of ether oxygens (including phenoxy) is 1. The molecule has 30 heavy (non-hydrogen) atoms. The molecule has 0 aliphatic rings. The summed E-state index contributed by atoms with van der Waals surface area (Å²) < 4.78 is 5.71. The van der Waals surface area contributed by atoms with Crippen molar-refractivity contribution in [3.63, 3.8) is 0 Å². The maximum absolute atomic E-state index is 12.3. The molecule has 0 aromatic heterocycles. The summed E-state index contributed by atoms with van der Waals surface area (Å²) in [5.41, 5.74) is 4.33. The van der Waals surface area contributed by atoms with E-state index in [1.165, 1.54) is 5.56 Å². The van der Waals surface area contributed by atoms with Crippen LogP contribution in [0.15, 0.2) is 65.7 Å². The van der Waals surface area contributed by atoms with Gasteiger partial charge < -0.3 is 10.1 Å². The maximum Gasteiger partial charge on any atom is 0.262 e. The second kappa shape index (κ2) is 10.3. The quantitative estimate of drug-likeness (QED) is 0.418. The van der Waals surface area contributed by atoms with Crippen LogP contribution < -0.4 is 10.1 Å². The molecule has 0 spiro atoms. The van der Waals surface area contributed by atoms with Crippen LogP contribution >= 0.6 is 23.2 Å². The standard InChI is InChI=1S/C24H22Cl2N2O2/c1-3-17-5-9-20(10-6-17)27-14-18-12-19(25)7-11-23(18)30-15-24(29)28-21-8-4-16(2)22(26)13-21/h4-14H,3,15H2,1-2H3,(H,28,29). The van der Waals surface area contributed by atoms with Gasteiger partial charge in [-0.15, -0.1) is 0 Å².